The number of nitrogens with two attached hydrogens (primary N) is 1. The Morgan fingerprint density at radius 3 is 2.62 bits per heavy atom. The van der Waals surface area contributed by atoms with Gasteiger partial charge in [0, 0.05) is 18.0 Å². The number of amides is 1. The summed E-state index contributed by atoms with van der Waals surface area (Å²) in [6.07, 6.45) is 6.39. The quantitative estimate of drug-likeness (QED) is 0.583. The largest absolute Gasteiger partial charge is 0.366 e. The molecular formula is C22H15FN4O2. The summed E-state index contributed by atoms with van der Waals surface area (Å²) in [5.74, 6) is -0.586. The molecule has 2 aromatic heterocycles. The van der Waals surface area contributed by atoms with Gasteiger partial charge in [0.1, 0.15) is 11.6 Å². The third-order valence-corrected chi connectivity index (χ3v) is 4.38. The Hall–Kier alpha value is -4.13. The monoisotopic (exact) mass is 386 g/mol. The van der Waals surface area contributed by atoms with E-state index in [0.29, 0.717) is 22.4 Å². The summed E-state index contributed by atoms with van der Waals surface area (Å²) in [5.41, 5.74) is 7.00. The van der Waals surface area contributed by atoms with Crippen LogP contribution in [0.15, 0.2) is 71.8 Å². The van der Waals surface area contributed by atoms with E-state index in [9.17, 15) is 14.0 Å². The van der Waals surface area contributed by atoms with Gasteiger partial charge >= 0.3 is 0 Å². The summed E-state index contributed by atoms with van der Waals surface area (Å²) in [6, 6.07) is 14.0. The number of carbonyl (C=O) groups excluding carboxylic acids is 1. The molecule has 0 unspecified atom stereocenters. The topological polar surface area (TPSA) is 90.9 Å². The van der Waals surface area contributed by atoms with Crippen LogP contribution in [0.2, 0.25) is 0 Å². The molecule has 142 valence electrons. The van der Waals surface area contributed by atoms with E-state index in [1.54, 1.807) is 54.7 Å². The maximum Gasteiger partial charge on any atom is 0.267 e. The van der Waals surface area contributed by atoms with Crippen molar-refractivity contribution in [2.75, 3.05) is 0 Å². The summed E-state index contributed by atoms with van der Waals surface area (Å²) in [6.45, 7) is 0. The summed E-state index contributed by atoms with van der Waals surface area (Å²) in [7, 11) is 0. The summed E-state index contributed by atoms with van der Waals surface area (Å²) in [5, 5.41) is 0.343. The number of halogens is 1. The lowest BCUT2D eigenvalue weighted by Crippen LogP contribution is -2.23. The minimum Gasteiger partial charge on any atom is -0.366 e. The average Bonchev–Trinajstić information content (AvgIpc) is 2.73. The predicted molar refractivity (Wildman–Crippen MR) is 109 cm³/mol. The van der Waals surface area contributed by atoms with Gasteiger partial charge in [0.2, 0.25) is 5.91 Å². The highest BCUT2D eigenvalue weighted by molar-refractivity contribution is 5.93. The third kappa shape index (κ3) is 3.66. The zero-order valence-electron chi connectivity index (χ0n) is 15.1. The van der Waals surface area contributed by atoms with Crippen LogP contribution < -0.4 is 11.3 Å². The van der Waals surface area contributed by atoms with E-state index in [-0.39, 0.29) is 16.9 Å². The Labute approximate surface area is 164 Å². The minimum absolute atomic E-state index is 0.272. The van der Waals surface area contributed by atoms with Crippen molar-refractivity contribution in [3.8, 4) is 5.69 Å². The standard InChI is InChI=1S/C22H15FN4O2/c23-16-7-4-14(5-8-16)6-9-20-26-19-10-11-25-13-18(19)22(29)27(20)17-3-1-2-15(12-17)21(24)28/h1-13H,(H2,24,28)/b9-6+. The van der Waals surface area contributed by atoms with Gasteiger partial charge in [-0.1, -0.05) is 24.3 Å². The van der Waals surface area contributed by atoms with Crippen LogP contribution in [-0.2, 0) is 0 Å². The van der Waals surface area contributed by atoms with Gasteiger partial charge in [-0.05, 0) is 48.0 Å². The first-order chi connectivity index (χ1) is 14.0. The van der Waals surface area contributed by atoms with E-state index in [0.717, 1.165) is 5.56 Å². The van der Waals surface area contributed by atoms with Gasteiger partial charge in [-0.25, -0.2) is 9.37 Å². The van der Waals surface area contributed by atoms with Crippen LogP contribution in [0.1, 0.15) is 21.7 Å². The first-order valence-corrected chi connectivity index (χ1v) is 8.73. The van der Waals surface area contributed by atoms with Gasteiger partial charge in [0.25, 0.3) is 5.56 Å². The number of hydrogen-bond acceptors (Lipinski definition) is 4. The molecule has 0 saturated heterocycles. The van der Waals surface area contributed by atoms with Crippen molar-refractivity contribution in [1.82, 2.24) is 14.5 Å². The fraction of sp³-hybridized carbons (Fsp3) is 0. The molecule has 7 heteroatoms. The Bertz CT molecular complexity index is 1310. The van der Waals surface area contributed by atoms with Crippen LogP contribution in [0.5, 0.6) is 0 Å². The lowest BCUT2D eigenvalue weighted by molar-refractivity contribution is 0.1000. The highest BCUT2D eigenvalue weighted by Crippen LogP contribution is 2.16. The van der Waals surface area contributed by atoms with Gasteiger partial charge in [0.15, 0.2) is 0 Å². The highest BCUT2D eigenvalue weighted by Gasteiger charge is 2.12. The van der Waals surface area contributed by atoms with E-state index in [1.807, 2.05) is 0 Å². The number of nitrogens with zero attached hydrogens (tertiary/aromatic N) is 3. The first kappa shape index (κ1) is 18.2. The second-order valence-corrected chi connectivity index (χ2v) is 6.30. The molecule has 0 radical (unpaired) electrons. The van der Waals surface area contributed by atoms with Crippen LogP contribution in [0.4, 0.5) is 4.39 Å². The van der Waals surface area contributed by atoms with E-state index >= 15 is 0 Å². The van der Waals surface area contributed by atoms with Gasteiger partial charge in [0.05, 0.1) is 16.6 Å². The Balaban J connectivity index is 1.94. The Kier molecular flexibility index (Phi) is 4.70. The first-order valence-electron chi connectivity index (χ1n) is 8.73. The summed E-state index contributed by atoms with van der Waals surface area (Å²) < 4.78 is 14.5. The van der Waals surface area contributed by atoms with Crippen LogP contribution in [0.3, 0.4) is 0 Å². The maximum atomic E-state index is 13.2. The van der Waals surface area contributed by atoms with Gasteiger partial charge < -0.3 is 5.73 Å². The van der Waals surface area contributed by atoms with Crippen LogP contribution >= 0.6 is 0 Å². The maximum absolute atomic E-state index is 13.2. The number of rotatable bonds is 4. The number of benzene rings is 2. The van der Waals surface area contributed by atoms with Crippen LogP contribution in [-0.4, -0.2) is 20.4 Å². The molecule has 0 bridgehead atoms. The lowest BCUT2D eigenvalue weighted by atomic mass is 10.1. The van der Waals surface area contributed by atoms with E-state index in [1.165, 1.54) is 29.0 Å². The van der Waals surface area contributed by atoms with Crippen molar-refractivity contribution < 1.29 is 9.18 Å². The van der Waals surface area contributed by atoms with Crippen molar-refractivity contribution >= 4 is 29.0 Å². The van der Waals surface area contributed by atoms with Crippen LogP contribution in [0, 0.1) is 5.82 Å². The molecule has 6 nitrogen and oxygen atoms in total. The molecule has 4 rings (SSSR count). The number of pyridine rings is 1. The molecule has 0 aliphatic carbocycles. The molecule has 0 saturated carbocycles. The molecular weight excluding hydrogens is 371 g/mol. The van der Waals surface area contributed by atoms with E-state index in [2.05, 4.69) is 9.97 Å². The third-order valence-electron chi connectivity index (χ3n) is 4.38. The minimum atomic E-state index is -0.598. The number of primary amides is 1. The molecule has 0 atom stereocenters. The number of hydrogen-bond donors (Lipinski definition) is 1. The Morgan fingerprint density at radius 1 is 1.07 bits per heavy atom. The van der Waals surface area contributed by atoms with Gasteiger partial charge in [-0.3, -0.25) is 19.1 Å². The molecule has 0 aliphatic heterocycles. The fourth-order valence-corrected chi connectivity index (χ4v) is 2.95. The number of carbonyl (C=O) groups is 1. The molecule has 1 amide bonds. The second-order valence-electron chi connectivity index (χ2n) is 6.30. The molecule has 2 N–H and O–H groups in total. The molecule has 29 heavy (non-hydrogen) atoms. The smallest absolute Gasteiger partial charge is 0.267 e. The Morgan fingerprint density at radius 2 is 1.86 bits per heavy atom. The predicted octanol–water partition coefficient (Wildman–Crippen LogP) is 3.19. The fourth-order valence-electron chi connectivity index (χ4n) is 2.95. The zero-order chi connectivity index (χ0) is 20.4. The molecule has 0 fully saturated rings. The summed E-state index contributed by atoms with van der Waals surface area (Å²) in [4.78, 5) is 33.3. The van der Waals surface area contributed by atoms with Gasteiger partial charge in [-0.2, -0.15) is 0 Å². The second kappa shape index (κ2) is 7.47. The average molecular weight is 386 g/mol. The number of fused-ring (bicyclic) bond motifs is 1. The van der Waals surface area contributed by atoms with Crippen molar-refractivity contribution in [2.24, 2.45) is 5.73 Å². The number of aromatic nitrogens is 3. The van der Waals surface area contributed by atoms with Crippen molar-refractivity contribution in [3.63, 3.8) is 0 Å². The van der Waals surface area contributed by atoms with Crippen molar-refractivity contribution in [1.29, 1.82) is 0 Å². The van der Waals surface area contributed by atoms with Crippen molar-refractivity contribution in [3.05, 3.63) is 100 Å². The van der Waals surface area contributed by atoms with Gasteiger partial charge in [-0.15, -0.1) is 0 Å². The molecule has 2 heterocycles. The lowest BCUT2D eigenvalue weighted by Gasteiger charge is -2.12. The highest BCUT2D eigenvalue weighted by atomic mass is 19.1. The van der Waals surface area contributed by atoms with E-state index in [4.69, 9.17) is 5.73 Å². The zero-order valence-corrected chi connectivity index (χ0v) is 15.1. The van der Waals surface area contributed by atoms with E-state index < -0.39 is 5.91 Å². The van der Waals surface area contributed by atoms with Crippen molar-refractivity contribution in [2.45, 2.75) is 0 Å². The summed E-state index contributed by atoms with van der Waals surface area (Å²) >= 11 is 0. The molecule has 2 aromatic carbocycles. The molecule has 0 spiro atoms. The molecule has 0 aliphatic rings. The van der Waals surface area contributed by atoms with Crippen LogP contribution in [0.25, 0.3) is 28.7 Å². The molecule has 4 aromatic rings. The SMILES string of the molecule is NC(=O)c1cccc(-n2c(/C=C/c3ccc(F)cc3)nc3ccncc3c2=O)c1. The normalized spacial score (nSPS) is 11.2.